The Morgan fingerprint density at radius 3 is 2.50 bits per heavy atom. The molecular formula is C25H25FN2O4. The Hall–Kier alpha value is -3.45. The molecular weight excluding hydrogens is 411 g/mol. The first-order valence-electron chi connectivity index (χ1n) is 10.7. The number of rotatable bonds is 8. The molecule has 0 unspecified atom stereocenters. The van der Waals surface area contributed by atoms with E-state index in [1.165, 1.54) is 17.0 Å². The van der Waals surface area contributed by atoms with Gasteiger partial charge in [-0.2, -0.15) is 0 Å². The first-order valence-corrected chi connectivity index (χ1v) is 10.7. The van der Waals surface area contributed by atoms with Gasteiger partial charge in [-0.1, -0.05) is 50.2 Å². The highest BCUT2D eigenvalue weighted by molar-refractivity contribution is 6.16. The predicted molar refractivity (Wildman–Crippen MR) is 119 cm³/mol. The fraction of sp³-hybridized carbons (Fsp3) is 0.280. The van der Waals surface area contributed by atoms with Gasteiger partial charge in [-0.25, -0.2) is 4.39 Å². The van der Waals surface area contributed by atoms with Crippen LogP contribution >= 0.6 is 0 Å². The van der Waals surface area contributed by atoms with Gasteiger partial charge in [0, 0.05) is 24.0 Å². The Balaban J connectivity index is 1.77. The third kappa shape index (κ3) is 3.80. The van der Waals surface area contributed by atoms with Crippen LogP contribution in [0, 0.1) is 5.82 Å². The van der Waals surface area contributed by atoms with Crippen LogP contribution in [0.1, 0.15) is 36.0 Å². The largest absolute Gasteiger partial charge is 0.503 e. The second-order valence-corrected chi connectivity index (χ2v) is 7.69. The normalized spacial score (nSPS) is 16.6. The van der Waals surface area contributed by atoms with Crippen LogP contribution in [-0.2, 0) is 4.79 Å². The maximum Gasteiger partial charge on any atom is 0.290 e. The Morgan fingerprint density at radius 2 is 1.81 bits per heavy atom. The van der Waals surface area contributed by atoms with E-state index in [1.54, 1.807) is 36.4 Å². The van der Waals surface area contributed by atoms with Gasteiger partial charge >= 0.3 is 0 Å². The number of furan rings is 1. The van der Waals surface area contributed by atoms with Crippen molar-refractivity contribution in [3.63, 3.8) is 0 Å². The molecule has 0 saturated heterocycles. The molecule has 3 aromatic rings. The van der Waals surface area contributed by atoms with E-state index in [0.29, 0.717) is 12.1 Å². The van der Waals surface area contributed by atoms with Crippen molar-refractivity contribution in [2.75, 3.05) is 26.2 Å². The zero-order chi connectivity index (χ0) is 22.8. The molecule has 0 fully saturated rings. The SMILES string of the molecule is CCN(CC)CCN1C(=O)C(O)=C(C(=O)c2cc3ccccc3o2)[C@@H]1c1ccccc1F. The Kier molecular flexibility index (Phi) is 6.10. The van der Waals surface area contributed by atoms with Crippen LogP contribution in [0.4, 0.5) is 4.39 Å². The number of amides is 1. The molecule has 0 spiro atoms. The molecule has 1 aromatic heterocycles. The first kappa shape index (κ1) is 21.8. The van der Waals surface area contributed by atoms with Crippen molar-refractivity contribution in [2.45, 2.75) is 19.9 Å². The van der Waals surface area contributed by atoms with E-state index in [9.17, 15) is 19.1 Å². The summed E-state index contributed by atoms with van der Waals surface area (Å²) in [5.74, 6) is -2.55. The summed E-state index contributed by atoms with van der Waals surface area (Å²) in [4.78, 5) is 29.9. The highest BCUT2D eigenvalue weighted by Crippen LogP contribution is 2.40. The fourth-order valence-corrected chi connectivity index (χ4v) is 4.15. The average Bonchev–Trinajstić information content (AvgIpc) is 3.34. The molecule has 0 radical (unpaired) electrons. The standard InChI is InChI=1S/C25H25FN2O4/c1-3-27(4-2)13-14-28-22(17-10-6-7-11-18(17)26)21(24(30)25(28)31)23(29)20-15-16-9-5-8-12-19(16)32-20/h5-12,15,22,30H,3-4,13-14H2,1-2H3/t22-/m0/s1. The van der Waals surface area contributed by atoms with Crippen molar-refractivity contribution >= 4 is 22.7 Å². The maximum absolute atomic E-state index is 14.8. The number of hydrogen-bond donors (Lipinski definition) is 1. The Bertz CT molecular complexity index is 1160. The molecule has 0 bridgehead atoms. The van der Waals surface area contributed by atoms with Gasteiger partial charge in [-0.05, 0) is 31.3 Å². The van der Waals surface area contributed by atoms with Crippen molar-refractivity contribution in [3.8, 4) is 0 Å². The number of para-hydroxylation sites is 1. The lowest BCUT2D eigenvalue weighted by atomic mass is 9.94. The van der Waals surface area contributed by atoms with Crippen molar-refractivity contribution in [1.82, 2.24) is 9.80 Å². The summed E-state index contributed by atoms with van der Waals surface area (Å²) < 4.78 is 20.5. The van der Waals surface area contributed by atoms with Crippen LogP contribution in [-0.4, -0.2) is 52.8 Å². The van der Waals surface area contributed by atoms with Gasteiger partial charge in [-0.15, -0.1) is 0 Å². The van der Waals surface area contributed by atoms with Crippen molar-refractivity contribution < 1.29 is 23.5 Å². The number of nitrogens with zero attached hydrogens (tertiary/aromatic N) is 2. The number of benzene rings is 2. The van der Waals surface area contributed by atoms with Crippen LogP contribution in [0.3, 0.4) is 0 Å². The lowest BCUT2D eigenvalue weighted by molar-refractivity contribution is -0.129. The highest BCUT2D eigenvalue weighted by atomic mass is 19.1. The lowest BCUT2D eigenvalue weighted by Crippen LogP contribution is -2.39. The van der Waals surface area contributed by atoms with Crippen LogP contribution < -0.4 is 0 Å². The molecule has 0 saturated carbocycles. The summed E-state index contributed by atoms with van der Waals surface area (Å²) in [6.45, 7) is 6.36. The monoisotopic (exact) mass is 436 g/mol. The van der Waals surface area contributed by atoms with Crippen LogP contribution in [0.5, 0.6) is 0 Å². The van der Waals surface area contributed by atoms with Crippen LogP contribution in [0.2, 0.25) is 0 Å². The van der Waals surface area contributed by atoms with Gasteiger partial charge in [0.25, 0.3) is 5.91 Å². The van der Waals surface area contributed by atoms with Crippen molar-refractivity contribution in [3.05, 3.63) is 83.1 Å². The number of carbonyl (C=O) groups excluding carboxylic acids is 2. The average molecular weight is 436 g/mol. The molecule has 32 heavy (non-hydrogen) atoms. The summed E-state index contributed by atoms with van der Waals surface area (Å²) in [5.41, 5.74) is 0.503. The molecule has 1 amide bonds. The third-order valence-corrected chi connectivity index (χ3v) is 5.95. The number of carbonyl (C=O) groups is 2. The van der Waals surface area contributed by atoms with Gasteiger partial charge in [-0.3, -0.25) is 9.59 Å². The second-order valence-electron chi connectivity index (χ2n) is 7.69. The summed E-state index contributed by atoms with van der Waals surface area (Å²) in [7, 11) is 0. The molecule has 1 N–H and O–H groups in total. The quantitative estimate of drug-likeness (QED) is 0.527. The van der Waals surface area contributed by atoms with Gasteiger partial charge in [0.1, 0.15) is 11.4 Å². The minimum absolute atomic E-state index is 0.00696. The number of aliphatic hydroxyl groups is 1. The summed E-state index contributed by atoms with van der Waals surface area (Å²) in [6.07, 6.45) is 0. The zero-order valence-electron chi connectivity index (χ0n) is 18.0. The smallest absolute Gasteiger partial charge is 0.290 e. The minimum atomic E-state index is -1.04. The fourth-order valence-electron chi connectivity index (χ4n) is 4.15. The third-order valence-electron chi connectivity index (χ3n) is 5.95. The van der Waals surface area contributed by atoms with E-state index >= 15 is 0 Å². The lowest BCUT2D eigenvalue weighted by Gasteiger charge is -2.29. The van der Waals surface area contributed by atoms with Crippen molar-refractivity contribution in [2.24, 2.45) is 0 Å². The second kappa shape index (κ2) is 8.96. The molecule has 4 rings (SSSR count). The summed E-state index contributed by atoms with van der Waals surface area (Å²) in [6, 6.07) is 13.7. The molecule has 0 aliphatic carbocycles. The van der Waals surface area contributed by atoms with Gasteiger partial charge in [0.15, 0.2) is 11.5 Å². The van der Waals surface area contributed by atoms with E-state index in [2.05, 4.69) is 4.90 Å². The zero-order valence-corrected chi connectivity index (χ0v) is 18.0. The minimum Gasteiger partial charge on any atom is -0.503 e. The number of hydrogen-bond acceptors (Lipinski definition) is 5. The van der Waals surface area contributed by atoms with E-state index in [0.717, 1.165) is 18.5 Å². The number of aliphatic hydroxyl groups excluding tert-OH is 1. The molecule has 1 aliphatic rings. The molecule has 2 aromatic carbocycles. The van der Waals surface area contributed by atoms with E-state index in [4.69, 9.17) is 4.42 Å². The number of fused-ring (bicyclic) bond motifs is 1. The predicted octanol–water partition coefficient (Wildman–Crippen LogP) is 4.49. The molecule has 7 heteroatoms. The number of likely N-dealkylation sites (N-methyl/N-ethyl adjacent to an activating group) is 1. The van der Waals surface area contributed by atoms with Gasteiger partial charge < -0.3 is 19.3 Å². The Labute approximate surface area is 185 Å². The number of ketones is 1. The summed E-state index contributed by atoms with van der Waals surface area (Å²) in [5, 5.41) is 11.4. The number of Topliss-reactive ketones (excluding diaryl/α,β-unsaturated/α-hetero) is 1. The topological polar surface area (TPSA) is 74.0 Å². The highest BCUT2D eigenvalue weighted by Gasteiger charge is 2.45. The van der Waals surface area contributed by atoms with Crippen LogP contribution in [0.15, 0.2) is 70.3 Å². The van der Waals surface area contributed by atoms with E-state index < -0.39 is 29.3 Å². The molecule has 6 nitrogen and oxygen atoms in total. The van der Waals surface area contributed by atoms with E-state index in [1.807, 2.05) is 19.9 Å². The molecule has 1 atom stereocenters. The Morgan fingerprint density at radius 1 is 1.12 bits per heavy atom. The van der Waals surface area contributed by atoms with Crippen molar-refractivity contribution in [1.29, 1.82) is 0 Å². The van der Waals surface area contributed by atoms with E-state index in [-0.39, 0.29) is 23.4 Å². The van der Waals surface area contributed by atoms with Gasteiger partial charge in [0.05, 0.1) is 11.6 Å². The maximum atomic E-state index is 14.8. The first-order chi connectivity index (χ1) is 15.5. The van der Waals surface area contributed by atoms with Gasteiger partial charge in [0.2, 0.25) is 5.78 Å². The molecule has 1 aliphatic heterocycles. The molecule has 166 valence electrons. The summed E-state index contributed by atoms with van der Waals surface area (Å²) >= 11 is 0. The van der Waals surface area contributed by atoms with Crippen LogP contribution in [0.25, 0.3) is 11.0 Å². The number of halogens is 1. The molecule has 2 heterocycles.